The van der Waals surface area contributed by atoms with Crippen LogP contribution in [0.15, 0.2) is 42.5 Å². The molecular weight excluding hydrogens is 414 g/mol. The van der Waals surface area contributed by atoms with E-state index < -0.39 is 5.91 Å². The number of anilines is 3. The Balaban J connectivity index is 0.000000172. The maximum Gasteiger partial charge on any atom is 0.248 e. The standard InChI is InChI=1S/C16H20N2O2.C10H15N3/c1-9-7-13-8-12(16(17)20)5-6-14(13)18(10(2)19)15(9)11-3-4-11;11-9-1-3-10(4-2-9)13-7-5-12-6-8-13/h5-6,8-9,11,15H,3-4,7H2,1-2H3,(H2,17,20);1-4,12H,5-8,11H2/t9?,15-;/m1./s1. The van der Waals surface area contributed by atoms with Gasteiger partial charge in [-0.05, 0) is 79.1 Å². The first-order valence-electron chi connectivity index (χ1n) is 11.9. The van der Waals surface area contributed by atoms with Gasteiger partial charge in [-0.3, -0.25) is 9.59 Å². The number of hydrogen-bond acceptors (Lipinski definition) is 5. The molecule has 0 radical (unpaired) electrons. The molecule has 2 heterocycles. The fraction of sp³-hybridized carbons (Fsp3) is 0.462. The minimum absolute atomic E-state index is 0.0847. The lowest BCUT2D eigenvalue weighted by molar-refractivity contribution is -0.117. The maximum atomic E-state index is 12.1. The van der Waals surface area contributed by atoms with Crippen molar-refractivity contribution in [1.29, 1.82) is 0 Å². The smallest absolute Gasteiger partial charge is 0.248 e. The van der Waals surface area contributed by atoms with E-state index in [2.05, 4.69) is 29.3 Å². The van der Waals surface area contributed by atoms with Crippen molar-refractivity contribution in [2.45, 2.75) is 39.2 Å². The van der Waals surface area contributed by atoms with Gasteiger partial charge in [0.25, 0.3) is 0 Å². The second kappa shape index (κ2) is 9.83. The third-order valence-electron chi connectivity index (χ3n) is 6.87. The molecule has 1 saturated heterocycles. The van der Waals surface area contributed by atoms with Gasteiger partial charge in [0.05, 0.1) is 0 Å². The van der Waals surface area contributed by atoms with Crippen LogP contribution in [-0.2, 0) is 11.2 Å². The molecule has 1 aliphatic carbocycles. The number of piperazine rings is 1. The molecule has 7 heteroatoms. The Bertz CT molecular complexity index is 996. The van der Waals surface area contributed by atoms with Crippen LogP contribution >= 0.6 is 0 Å². The Labute approximate surface area is 196 Å². The first kappa shape index (κ1) is 23.1. The summed E-state index contributed by atoms with van der Waals surface area (Å²) >= 11 is 0. The molecule has 2 aromatic rings. The van der Waals surface area contributed by atoms with Crippen LogP contribution in [-0.4, -0.2) is 44.0 Å². The third kappa shape index (κ3) is 5.30. The van der Waals surface area contributed by atoms with Crippen molar-refractivity contribution < 1.29 is 9.59 Å². The molecule has 2 atom stereocenters. The van der Waals surface area contributed by atoms with E-state index in [0.29, 0.717) is 23.4 Å². The van der Waals surface area contributed by atoms with E-state index in [9.17, 15) is 9.59 Å². The number of nitrogens with zero attached hydrogens (tertiary/aromatic N) is 2. The van der Waals surface area contributed by atoms with E-state index in [1.54, 1.807) is 13.0 Å². The number of amides is 2. The highest BCUT2D eigenvalue weighted by atomic mass is 16.2. The summed E-state index contributed by atoms with van der Waals surface area (Å²) < 4.78 is 0. The van der Waals surface area contributed by atoms with Gasteiger partial charge in [0.2, 0.25) is 11.8 Å². The minimum Gasteiger partial charge on any atom is -0.399 e. The van der Waals surface area contributed by atoms with Crippen molar-refractivity contribution in [3.63, 3.8) is 0 Å². The molecule has 2 aromatic carbocycles. The number of fused-ring (bicyclic) bond motifs is 1. The van der Waals surface area contributed by atoms with Crippen LogP contribution in [0.3, 0.4) is 0 Å². The number of nitrogens with two attached hydrogens (primary N) is 2. The van der Waals surface area contributed by atoms with Crippen LogP contribution < -0.4 is 26.6 Å². The highest BCUT2D eigenvalue weighted by Crippen LogP contribution is 2.45. The van der Waals surface area contributed by atoms with E-state index >= 15 is 0 Å². The van der Waals surface area contributed by atoms with Gasteiger partial charge >= 0.3 is 0 Å². The Morgan fingerprint density at radius 1 is 1.03 bits per heavy atom. The average molecular weight is 450 g/mol. The number of carbonyl (C=O) groups excluding carboxylic acids is 2. The summed E-state index contributed by atoms with van der Waals surface area (Å²) in [5.41, 5.74) is 15.6. The van der Waals surface area contributed by atoms with Crippen LogP contribution in [0, 0.1) is 11.8 Å². The number of primary amides is 1. The number of carbonyl (C=O) groups is 2. The largest absolute Gasteiger partial charge is 0.399 e. The van der Waals surface area contributed by atoms with Crippen molar-refractivity contribution in [1.82, 2.24) is 5.32 Å². The lowest BCUT2D eigenvalue weighted by atomic mass is 9.83. The summed E-state index contributed by atoms with van der Waals surface area (Å²) in [6.45, 7) is 8.14. The number of hydrogen-bond donors (Lipinski definition) is 3. The molecule has 3 aliphatic rings. The highest BCUT2D eigenvalue weighted by Gasteiger charge is 2.43. The molecule has 176 valence electrons. The van der Waals surface area contributed by atoms with Crippen LogP contribution in [0.4, 0.5) is 17.1 Å². The van der Waals surface area contributed by atoms with Crippen LogP contribution in [0.25, 0.3) is 0 Å². The average Bonchev–Trinajstić information content (AvgIpc) is 3.64. The summed E-state index contributed by atoms with van der Waals surface area (Å²) in [6.07, 6.45) is 3.34. The normalized spacial score (nSPS) is 22.1. The first-order chi connectivity index (χ1) is 15.8. The topological polar surface area (TPSA) is 105 Å². The lowest BCUT2D eigenvalue weighted by Gasteiger charge is -2.41. The van der Waals surface area contributed by atoms with Gasteiger partial charge in [0.1, 0.15) is 0 Å². The third-order valence-corrected chi connectivity index (χ3v) is 6.87. The number of nitrogen functional groups attached to an aromatic ring is 1. The van der Waals surface area contributed by atoms with E-state index in [1.165, 1.54) is 18.5 Å². The molecule has 7 nitrogen and oxygen atoms in total. The predicted molar refractivity (Wildman–Crippen MR) is 133 cm³/mol. The quantitative estimate of drug-likeness (QED) is 0.625. The predicted octanol–water partition coefficient (Wildman–Crippen LogP) is 2.79. The zero-order chi connectivity index (χ0) is 23.5. The molecule has 2 aliphatic heterocycles. The summed E-state index contributed by atoms with van der Waals surface area (Å²) in [6, 6.07) is 13.8. The van der Waals surface area contributed by atoms with Gasteiger partial charge in [-0.25, -0.2) is 0 Å². The van der Waals surface area contributed by atoms with Crippen molar-refractivity contribution >= 4 is 28.9 Å². The first-order valence-corrected chi connectivity index (χ1v) is 11.9. The van der Waals surface area contributed by atoms with Crippen molar-refractivity contribution in [3.8, 4) is 0 Å². The molecule has 1 saturated carbocycles. The van der Waals surface area contributed by atoms with Crippen molar-refractivity contribution in [2.75, 3.05) is 41.7 Å². The Morgan fingerprint density at radius 2 is 1.70 bits per heavy atom. The molecule has 0 aromatic heterocycles. The molecule has 1 unspecified atom stereocenters. The SMILES string of the molecule is CC(=O)N1c2ccc(C(N)=O)cc2CC(C)[C@@H]1C1CC1.Nc1ccc(N2CCNCC2)cc1. The summed E-state index contributed by atoms with van der Waals surface area (Å²) in [5.74, 6) is 0.723. The Hall–Kier alpha value is -3.06. The fourth-order valence-electron chi connectivity index (χ4n) is 5.12. The molecule has 0 bridgehead atoms. The van der Waals surface area contributed by atoms with Gasteiger partial charge in [-0.1, -0.05) is 6.92 Å². The van der Waals surface area contributed by atoms with Gasteiger partial charge < -0.3 is 26.6 Å². The van der Waals surface area contributed by atoms with E-state index in [0.717, 1.165) is 49.5 Å². The molecule has 5 rings (SSSR count). The summed E-state index contributed by atoms with van der Waals surface area (Å²) in [7, 11) is 0. The van der Waals surface area contributed by atoms with Gasteiger partial charge in [-0.15, -0.1) is 0 Å². The lowest BCUT2D eigenvalue weighted by Crippen LogP contribution is -2.48. The Morgan fingerprint density at radius 3 is 2.27 bits per heavy atom. The monoisotopic (exact) mass is 449 g/mol. The molecule has 2 fully saturated rings. The Kier molecular flexibility index (Phi) is 6.88. The second-order valence-electron chi connectivity index (χ2n) is 9.43. The number of nitrogens with one attached hydrogen (secondary N) is 1. The molecule has 2 amide bonds. The number of rotatable bonds is 3. The van der Waals surface area contributed by atoms with E-state index in [1.807, 2.05) is 29.2 Å². The fourth-order valence-corrected chi connectivity index (χ4v) is 5.12. The van der Waals surface area contributed by atoms with Crippen LogP contribution in [0.5, 0.6) is 0 Å². The zero-order valence-electron chi connectivity index (χ0n) is 19.6. The molecule has 5 N–H and O–H groups in total. The van der Waals surface area contributed by atoms with Crippen LogP contribution in [0.2, 0.25) is 0 Å². The summed E-state index contributed by atoms with van der Waals surface area (Å²) in [5, 5.41) is 3.33. The molecular formula is C26H35N5O2. The van der Waals surface area contributed by atoms with E-state index in [-0.39, 0.29) is 5.91 Å². The zero-order valence-corrected chi connectivity index (χ0v) is 19.6. The second-order valence-corrected chi connectivity index (χ2v) is 9.43. The number of benzene rings is 2. The summed E-state index contributed by atoms with van der Waals surface area (Å²) in [4.78, 5) is 27.7. The molecule has 0 spiro atoms. The van der Waals surface area contributed by atoms with E-state index in [4.69, 9.17) is 11.5 Å². The minimum atomic E-state index is -0.417. The highest BCUT2D eigenvalue weighted by molar-refractivity contribution is 5.97. The van der Waals surface area contributed by atoms with Crippen LogP contribution in [0.1, 0.15) is 42.6 Å². The molecule has 33 heavy (non-hydrogen) atoms. The van der Waals surface area contributed by atoms with Gasteiger partial charge in [-0.2, -0.15) is 0 Å². The van der Waals surface area contributed by atoms with Gasteiger partial charge in [0.15, 0.2) is 0 Å². The maximum absolute atomic E-state index is 12.1. The van der Waals surface area contributed by atoms with Gasteiger partial charge in [0, 0.05) is 61.8 Å². The van der Waals surface area contributed by atoms with Crippen molar-refractivity contribution in [3.05, 3.63) is 53.6 Å². The van der Waals surface area contributed by atoms with Crippen molar-refractivity contribution in [2.24, 2.45) is 17.6 Å².